The van der Waals surface area contributed by atoms with Crippen molar-refractivity contribution in [1.82, 2.24) is 10.3 Å². The van der Waals surface area contributed by atoms with Crippen molar-refractivity contribution in [2.45, 2.75) is 44.8 Å². The van der Waals surface area contributed by atoms with Crippen LogP contribution >= 0.6 is 11.8 Å². The average Bonchev–Trinajstić information content (AvgIpc) is 2.34. The molecule has 1 rings (SSSR count). The molecule has 0 aromatic carbocycles. The maximum atomic E-state index is 5.04. The summed E-state index contributed by atoms with van der Waals surface area (Å²) >= 11 is 1.81. The molecule has 1 aromatic heterocycles. The number of methoxy groups -OCH3 is 1. The Balaban J connectivity index is 2.46. The van der Waals surface area contributed by atoms with Crippen molar-refractivity contribution >= 4 is 11.8 Å². The first-order valence-corrected chi connectivity index (χ1v) is 7.42. The molecule has 0 aliphatic heterocycles. The highest BCUT2D eigenvalue weighted by molar-refractivity contribution is 7.99. The van der Waals surface area contributed by atoms with E-state index in [1.54, 1.807) is 7.11 Å². The molecule has 18 heavy (non-hydrogen) atoms. The third kappa shape index (κ3) is 5.85. The quantitative estimate of drug-likeness (QED) is 0.580. The highest BCUT2D eigenvalue weighted by atomic mass is 32.2. The lowest BCUT2D eigenvalue weighted by molar-refractivity contribution is 0.200. The van der Waals surface area contributed by atoms with E-state index < -0.39 is 0 Å². The van der Waals surface area contributed by atoms with Gasteiger partial charge in [0, 0.05) is 38.3 Å². The third-order valence-corrected chi connectivity index (χ3v) is 3.73. The zero-order valence-corrected chi connectivity index (χ0v) is 12.6. The predicted molar refractivity (Wildman–Crippen MR) is 78.2 cm³/mol. The molecule has 0 amide bonds. The molecule has 1 heterocycles. The lowest BCUT2D eigenvalue weighted by Gasteiger charge is -2.10. The number of hydrogen-bond donors (Lipinski definition) is 1. The summed E-state index contributed by atoms with van der Waals surface area (Å²) in [4.78, 5) is 4.54. The lowest BCUT2D eigenvalue weighted by atomic mass is 10.2. The van der Waals surface area contributed by atoms with Crippen LogP contribution in [0, 0.1) is 6.92 Å². The van der Waals surface area contributed by atoms with Crippen LogP contribution < -0.4 is 5.32 Å². The standard InChI is InChI=1S/C14H24N2OS/c1-11(2)15-9-13-8-12(3)14(16-10-13)18-7-5-6-17-4/h8,10-11,15H,5-7,9H2,1-4H3. The van der Waals surface area contributed by atoms with Crippen molar-refractivity contribution in [3.05, 3.63) is 23.4 Å². The molecule has 0 aliphatic carbocycles. The van der Waals surface area contributed by atoms with Crippen LogP contribution in [-0.4, -0.2) is 30.5 Å². The third-order valence-electron chi connectivity index (χ3n) is 2.53. The van der Waals surface area contributed by atoms with Crippen molar-refractivity contribution in [3.63, 3.8) is 0 Å². The molecule has 1 N–H and O–H groups in total. The van der Waals surface area contributed by atoms with E-state index in [-0.39, 0.29) is 0 Å². The van der Waals surface area contributed by atoms with E-state index in [1.165, 1.54) is 11.1 Å². The molecule has 0 aliphatic rings. The topological polar surface area (TPSA) is 34.1 Å². The molecule has 0 atom stereocenters. The maximum Gasteiger partial charge on any atom is 0.0989 e. The van der Waals surface area contributed by atoms with Gasteiger partial charge in [-0.1, -0.05) is 19.9 Å². The van der Waals surface area contributed by atoms with Gasteiger partial charge in [0.05, 0.1) is 5.03 Å². The second-order valence-corrected chi connectivity index (χ2v) is 5.78. The zero-order chi connectivity index (χ0) is 13.4. The van der Waals surface area contributed by atoms with E-state index in [0.29, 0.717) is 6.04 Å². The SMILES string of the molecule is COCCCSc1ncc(CNC(C)C)cc1C. The summed E-state index contributed by atoms with van der Waals surface area (Å²) in [6.07, 6.45) is 3.04. The first kappa shape index (κ1) is 15.5. The summed E-state index contributed by atoms with van der Waals surface area (Å²) in [5.41, 5.74) is 2.52. The van der Waals surface area contributed by atoms with Gasteiger partial charge in [-0.05, 0) is 24.5 Å². The number of hydrogen-bond acceptors (Lipinski definition) is 4. The molecule has 0 radical (unpaired) electrons. The van der Waals surface area contributed by atoms with E-state index in [0.717, 1.165) is 30.4 Å². The van der Waals surface area contributed by atoms with Gasteiger partial charge in [-0.2, -0.15) is 0 Å². The monoisotopic (exact) mass is 268 g/mol. The Hall–Kier alpha value is -0.580. The summed E-state index contributed by atoms with van der Waals surface area (Å²) in [7, 11) is 1.74. The molecule has 0 unspecified atom stereocenters. The summed E-state index contributed by atoms with van der Waals surface area (Å²) in [6, 6.07) is 2.73. The first-order chi connectivity index (χ1) is 8.63. The molecule has 102 valence electrons. The fourth-order valence-corrected chi connectivity index (χ4v) is 2.43. The van der Waals surface area contributed by atoms with Crippen molar-refractivity contribution in [2.24, 2.45) is 0 Å². The largest absolute Gasteiger partial charge is 0.385 e. The summed E-state index contributed by atoms with van der Waals surface area (Å²) < 4.78 is 5.04. The Kier molecular flexibility index (Phi) is 7.32. The Bertz CT molecular complexity index is 356. The number of aromatic nitrogens is 1. The van der Waals surface area contributed by atoms with Crippen molar-refractivity contribution in [2.75, 3.05) is 19.5 Å². The van der Waals surface area contributed by atoms with Crippen LogP contribution in [0.5, 0.6) is 0 Å². The Morgan fingerprint density at radius 1 is 1.44 bits per heavy atom. The number of thioether (sulfide) groups is 1. The van der Waals surface area contributed by atoms with Gasteiger partial charge in [0.1, 0.15) is 0 Å². The van der Waals surface area contributed by atoms with Gasteiger partial charge in [-0.15, -0.1) is 11.8 Å². The maximum absolute atomic E-state index is 5.04. The van der Waals surface area contributed by atoms with Gasteiger partial charge in [0.2, 0.25) is 0 Å². The zero-order valence-electron chi connectivity index (χ0n) is 11.8. The molecule has 0 bridgehead atoms. The van der Waals surface area contributed by atoms with Gasteiger partial charge >= 0.3 is 0 Å². The molecule has 4 heteroatoms. The van der Waals surface area contributed by atoms with Crippen molar-refractivity contribution in [3.8, 4) is 0 Å². The summed E-state index contributed by atoms with van der Waals surface area (Å²) in [5.74, 6) is 1.06. The molecule has 0 saturated carbocycles. The highest BCUT2D eigenvalue weighted by Crippen LogP contribution is 2.21. The molecular formula is C14H24N2OS. The molecular weight excluding hydrogens is 244 g/mol. The molecule has 0 spiro atoms. The molecule has 0 saturated heterocycles. The van der Waals surface area contributed by atoms with E-state index in [4.69, 9.17) is 4.74 Å². The fraction of sp³-hybridized carbons (Fsp3) is 0.643. The molecule has 1 aromatic rings. The van der Waals surface area contributed by atoms with Gasteiger partial charge in [-0.25, -0.2) is 4.98 Å². The fourth-order valence-electron chi connectivity index (χ4n) is 1.56. The summed E-state index contributed by atoms with van der Waals surface area (Å²) in [6.45, 7) is 8.15. The van der Waals surface area contributed by atoms with Crippen LogP contribution in [0.2, 0.25) is 0 Å². The van der Waals surface area contributed by atoms with Crippen LogP contribution in [0.3, 0.4) is 0 Å². The van der Waals surface area contributed by atoms with Crippen LogP contribution in [-0.2, 0) is 11.3 Å². The van der Waals surface area contributed by atoms with E-state index in [1.807, 2.05) is 18.0 Å². The van der Waals surface area contributed by atoms with Gasteiger partial charge in [0.25, 0.3) is 0 Å². The Morgan fingerprint density at radius 3 is 2.83 bits per heavy atom. The van der Waals surface area contributed by atoms with Crippen LogP contribution in [0.1, 0.15) is 31.4 Å². The number of aryl methyl sites for hydroxylation is 1. The minimum absolute atomic E-state index is 0.508. The second-order valence-electron chi connectivity index (χ2n) is 4.70. The van der Waals surface area contributed by atoms with E-state index in [2.05, 4.69) is 37.1 Å². The van der Waals surface area contributed by atoms with E-state index in [9.17, 15) is 0 Å². The van der Waals surface area contributed by atoms with Crippen LogP contribution in [0.25, 0.3) is 0 Å². The highest BCUT2D eigenvalue weighted by Gasteiger charge is 2.03. The van der Waals surface area contributed by atoms with Gasteiger partial charge in [0.15, 0.2) is 0 Å². The number of pyridine rings is 1. The Morgan fingerprint density at radius 2 is 2.22 bits per heavy atom. The molecule has 3 nitrogen and oxygen atoms in total. The number of rotatable bonds is 8. The minimum atomic E-state index is 0.508. The second kappa shape index (κ2) is 8.51. The van der Waals surface area contributed by atoms with Crippen LogP contribution in [0.4, 0.5) is 0 Å². The predicted octanol–water partition coefficient (Wildman–Crippen LogP) is 3.02. The number of nitrogens with one attached hydrogen (secondary N) is 1. The Labute approximate surface area is 115 Å². The van der Waals surface area contributed by atoms with Gasteiger partial charge in [-0.3, -0.25) is 0 Å². The summed E-state index contributed by atoms with van der Waals surface area (Å²) in [5, 5.41) is 4.54. The number of nitrogens with zero attached hydrogens (tertiary/aromatic N) is 1. The normalized spacial score (nSPS) is 11.2. The number of ether oxygens (including phenoxy) is 1. The smallest absolute Gasteiger partial charge is 0.0989 e. The molecule has 0 fully saturated rings. The average molecular weight is 268 g/mol. The van der Waals surface area contributed by atoms with Gasteiger partial charge < -0.3 is 10.1 Å². The van der Waals surface area contributed by atoms with E-state index >= 15 is 0 Å². The van der Waals surface area contributed by atoms with Crippen molar-refractivity contribution < 1.29 is 4.74 Å². The van der Waals surface area contributed by atoms with Crippen molar-refractivity contribution in [1.29, 1.82) is 0 Å². The minimum Gasteiger partial charge on any atom is -0.385 e. The lowest BCUT2D eigenvalue weighted by Crippen LogP contribution is -2.21. The first-order valence-electron chi connectivity index (χ1n) is 6.44. The van der Waals surface area contributed by atoms with Crippen LogP contribution in [0.15, 0.2) is 17.3 Å².